The fourth-order valence-corrected chi connectivity index (χ4v) is 4.17. The molecule has 182 valence electrons. The van der Waals surface area contributed by atoms with E-state index in [0.29, 0.717) is 22.1 Å². The van der Waals surface area contributed by atoms with Crippen molar-refractivity contribution in [1.82, 2.24) is 14.9 Å². The minimum atomic E-state index is -0.645. The Bertz CT molecular complexity index is 1130. The third kappa shape index (κ3) is 6.63. The van der Waals surface area contributed by atoms with Gasteiger partial charge in [-0.15, -0.1) is 6.42 Å². The van der Waals surface area contributed by atoms with Crippen LogP contribution in [0.4, 0.5) is 17.3 Å². The Morgan fingerprint density at radius 1 is 1.11 bits per heavy atom. The van der Waals surface area contributed by atoms with E-state index in [1.165, 1.54) is 5.69 Å². The summed E-state index contributed by atoms with van der Waals surface area (Å²) in [6.45, 7) is 5.23. The van der Waals surface area contributed by atoms with Crippen molar-refractivity contribution < 1.29 is 14.6 Å². The number of ether oxygens (including phenoxy) is 2. The second-order valence-electron chi connectivity index (χ2n) is 8.10. The first-order chi connectivity index (χ1) is 17.0. The number of nitrogens with one attached hydrogen (secondary N) is 1. The topological polar surface area (TPSA) is 83.0 Å². The lowest BCUT2D eigenvalue weighted by atomic mass is 10.2. The van der Waals surface area contributed by atoms with Crippen molar-refractivity contribution in [3.8, 4) is 24.0 Å². The number of anilines is 3. The maximum Gasteiger partial charge on any atom is 0.233 e. The van der Waals surface area contributed by atoms with Crippen molar-refractivity contribution in [2.75, 3.05) is 43.0 Å². The number of para-hydroxylation sites is 1. The molecule has 35 heavy (non-hydrogen) atoms. The van der Waals surface area contributed by atoms with E-state index in [1.807, 2.05) is 30.3 Å². The lowest BCUT2D eigenvalue weighted by Crippen LogP contribution is -2.55. The van der Waals surface area contributed by atoms with E-state index in [1.54, 1.807) is 13.1 Å². The van der Waals surface area contributed by atoms with Crippen molar-refractivity contribution in [1.29, 1.82) is 0 Å². The van der Waals surface area contributed by atoms with Crippen LogP contribution in [0.25, 0.3) is 0 Å². The predicted molar refractivity (Wildman–Crippen MR) is 140 cm³/mol. The molecule has 1 aromatic heterocycles. The van der Waals surface area contributed by atoms with Crippen LogP contribution in [-0.2, 0) is 0 Å². The number of piperazine rings is 1. The first-order valence-corrected chi connectivity index (χ1v) is 12.2. The molecule has 2 heterocycles. The maximum absolute atomic E-state index is 10.4. The molecular formula is C26H28BrN5O3. The van der Waals surface area contributed by atoms with Gasteiger partial charge >= 0.3 is 0 Å². The molecule has 0 radical (unpaired) electrons. The van der Waals surface area contributed by atoms with Crippen LogP contribution in [0.3, 0.4) is 0 Å². The average Bonchev–Trinajstić information content (AvgIpc) is 2.89. The molecule has 8 nitrogen and oxygen atoms in total. The number of nitrogens with zero attached hydrogens (tertiary/aromatic N) is 4. The summed E-state index contributed by atoms with van der Waals surface area (Å²) in [5.74, 6) is 3.83. The van der Waals surface area contributed by atoms with E-state index in [2.05, 4.69) is 71.2 Å². The fraction of sp³-hybridized carbons (Fsp3) is 0.308. The zero-order valence-corrected chi connectivity index (χ0v) is 21.1. The summed E-state index contributed by atoms with van der Waals surface area (Å²) in [6, 6.07) is 17.8. The molecule has 4 rings (SSSR count). The van der Waals surface area contributed by atoms with E-state index < -0.39 is 12.3 Å². The lowest BCUT2D eigenvalue weighted by molar-refractivity contribution is -0.0601. The number of aliphatic hydroxyl groups is 1. The predicted octanol–water partition coefficient (Wildman–Crippen LogP) is 3.90. The third-order valence-electron chi connectivity index (χ3n) is 5.58. The number of halogens is 1. The SMILES string of the molecule is C#CCOc1nc(Nc2ccc(OC(C(C)O)N3CCN(c4ccccc4)CC3)cc2)ncc1Br. The highest BCUT2D eigenvalue weighted by molar-refractivity contribution is 9.10. The molecule has 0 bridgehead atoms. The Hall–Kier alpha value is -3.32. The zero-order valence-electron chi connectivity index (χ0n) is 19.5. The van der Waals surface area contributed by atoms with Gasteiger partial charge in [-0.1, -0.05) is 24.1 Å². The number of aliphatic hydroxyl groups excluding tert-OH is 1. The lowest BCUT2D eigenvalue weighted by Gasteiger charge is -2.40. The van der Waals surface area contributed by atoms with Crippen LogP contribution in [0, 0.1) is 12.3 Å². The van der Waals surface area contributed by atoms with Crippen LogP contribution in [0.5, 0.6) is 11.6 Å². The van der Waals surface area contributed by atoms with Crippen molar-refractivity contribution >= 4 is 33.3 Å². The van der Waals surface area contributed by atoms with Gasteiger partial charge in [0.1, 0.15) is 11.9 Å². The molecule has 2 N–H and O–H groups in total. The van der Waals surface area contributed by atoms with Gasteiger partial charge < -0.3 is 24.8 Å². The van der Waals surface area contributed by atoms with Gasteiger partial charge in [0.05, 0.1) is 10.7 Å². The highest BCUT2D eigenvalue weighted by atomic mass is 79.9. The van der Waals surface area contributed by atoms with E-state index in [0.717, 1.165) is 31.9 Å². The van der Waals surface area contributed by atoms with Crippen molar-refractivity contribution in [3.05, 3.63) is 65.3 Å². The number of aromatic nitrogens is 2. The van der Waals surface area contributed by atoms with Gasteiger partial charge in [-0.05, 0) is 59.3 Å². The molecule has 0 spiro atoms. The van der Waals surface area contributed by atoms with Gasteiger partial charge in [0.2, 0.25) is 11.8 Å². The number of hydrogen-bond donors (Lipinski definition) is 2. The summed E-state index contributed by atoms with van der Waals surface area (Å²) in [5.41, 5.74) is 2.00. The molecule has 1 aliphatic rings. The molecular weight excluding hydrogens is 510 g/mol. The van der Waals surface area contributed by atoms with Crippen molar-refractivity contribution in [2.24, 2.45) is 0 Å². The summed E-state index contributed by atoms with van der Waals surface area (Å²) >= 11 is 3.35. The number of terminal acetylenes is 1. The molecule has 0 saturated carbocycles. The van der Waals surface area contributed by atoms with E-state index in [-0.39, 0.29) is 6.61 Å². The molecule has 1 aliphatic heterocycles. The van der Waals surface area contributed by atoms with Crippen molar-refractivity contribution in [2.45, 2.75) is 19.3 Å². The molecule has 9 heteroatoms. The van der Waals surface area contributed by atoms with Crippen LogP contribution in [0.2, 0.25) is 0 Å². The van der Waals surface area contributed by atoms with Crippen LogP contribution < -0.4 is 19.7 Å². The number of benzene rings is 2. The number of rotatable bonds is 9. The Balaban J connectivity index is 1.36. The summed E-state index contributed by atoms with van der Waals surface area (Å²) < 4.78 is 12.2. The normalized spacial score (nSPS) is 15.7. The molecule has 2 unspecified atom stereocenters. The van der Waals surface area contributed by atoms with Gasteiger partial charge in [-0.2, -0.15) is 4.98 Å². The quantitative estimate of drug-likeness (QED) is 0.397. The second kappa shape index (κ2) is 11.9. The first-order valence-electron chi connectivity index (χ1n) is 11.4. The van der Waals surface area contributed by atoms with E-state index in [9.17, 15) is 5.11 Å². The summed E-state index contributed by atoms with van der Waals surface area (Å²) in [7, 11) is 0. The minimum Gasteiger partial charge on any atom is -0.472 e. The second-order valence-corrected chi connectivity index (χ2v) is 8.95. The minimum absolute atomic E-state index is 0.118. The van der Waals surface area contributed by atoms with Crippen LogP contribution in [-0.4, -0.2) is 65.1 Å². The Morgan fingerprint density at radius 2 is 1.83 bits per heavy atom. The van der Waals surface area contributed by atoms with Gasteiger partial charge in [0, 0.05) is 37.6 Å². The van der Waals surface area contributed by atoms with Gasteiger partial charge in [0.15, 0.2) is 12.8 Å². The van der Waals surface area contributed by atoms with Crippen LogP contribution >= 0.6 is 15.9 Å². The Kier molecular flexibility index (Phi) is 8.42. The molecule has 1 fully saturated rings. The molecule has 0 aliphatic carbocycles. The molecule has 1 saturated heterocycles. The summed E-state index contributed by atoms with van der Waals surface area (Å²) in [5, 5.41) is 13.6. The van der Waals surface area contributed by atoms with Crippen LogP contribution in [0.1, 0.15) is 6.92 Å². The Labute approximate surface area is 214 Å². The van der Waals surface area contributed by atoms with Crippen molar-refractivity contribution in [3.63, 3.8) is 0 Å². The highest BCUT2D eigenvalue weighted by Gasteiger charge is 2.28. The smallest absolute Gasteiger partial charge is 0.233 e. The zero-order chi connectivity index (χ0) is 24.6. The number of hydrogen-bond acceptors (Lipinski definition) is 8. The monoisotopic (exact) mass is 537 g/mol. The molecule has 0 amide bonds. The van der Waals surface area contributed by atoms with Gasteiger partial charge in [-0.25, -0.2) is 4.98 Å². The van der Waals surface area contributed by atoms with Gasteiger partial charge in [-0.3, -0.25) is 4.90 Å². The highest BCUT2D eigenvalue weighted by Crippen LogP contribution is 2.26. The molecule has 2 aromatic carbocycles. The standard InChI is InChI=1S/C26H28BrN5O3/c1-3-17-34-24-23(27)18-28-26(30-24)29-20-9-11-22(12-10-20)35-25(19(2)33)32-15-13-31(14-16-32)21-7-5-4-6-8-21/h1,4-12,18-19,25,33H,13-17H2,2H3,(H,28,29,30). The maximum atomic E-state index is 10.4. The van der Waals surface area contributed by atoms with Crippen LogP contribution in [0.15, 0.2) is 65.3 Å². The fourth-order valence-electron chi connectivity index (χ4n) is 3.86. The average molecular weight is 538 g/mol. The largest absolute Gasteiger partial charge is 0.472 e. The summed E-state index contributed by atoms with van der Waals surface area (Å²) in [4.78, 5) is 13.1. The third-order valence-corrected chi connectivity index (χ3v) is 6.12. The van der Waals surface area contributed by atoms with E-state index in [4.69, 9.17) is 15.9 Å². The first kappa shape index (κ1) is 24.8. The van der Waals surface area contributed by atoms with Gasteiger partial charge in [0.25, 0.3) is 0 Å². The summed E-state index contributed by atoms with van der Waals surface area (Å²) in [6.07, 6.45) is 5.77. The molecule has 2 atom stereocenters. The van der Waals surface area contributed by atoms with E-state index >= 15 is 0 Å². The molecule has 3 aromatic rings. The Morgan fingerprint density at radius 3 is 2.49 bits per heavy atom.